The topological polar surface area (TPSA) is 6.48 Å². The lowest BCUT2D eigenvalue weighted by molar-refractivity contribution is 0.0425. The molecule has 3 fully saturated rings. The Kier molecular flexibility index (Phi) is 3.95. The van der Waals surface area contributed by atoms with Gasteiger partial charge in [-0.15, -0.1) is 0 Å². The number of fused-ring (bicyclic) bond motifs is 4. The Morgan fingerprint density at radius 1 is 0.500 bits per heavy atom. The summed E-state index contributed by atoms with van der Waals surface area (Å²) in [4.78, 5) is 5.48. The molecule has 3 aliphatic rings. The smallest absolute Gasteiger partial charge is 0.00957 e. The summed E-state index contributed by atoms with van der Waals surface area (Å²) in [5.41, 5.74) is 0. The summed E-state index contributed by atoms with van der Waals surface area (Å²) < 4.78 is 0. The third kappa shape index (κ3) is 2.46. The molecule has 2 heteroatoms. The van der Waals surface area contributed by atoms with Gasteiger partial charge in [-0.1, -0.05) is 12.8 Å². The molecule has 104 valence electrons. The highest BCUT2D eigenvalue weighted by Gasteiger charge is 2.33. The van der Waals surface area contributed by atoms with Gasteiger partial charge in [-0.2, -0.15) is 0 Å². The van der Waals surface area contributed by atoms with Crippen molar-refractivity contribution in [1.29, 1.82) is 0 Å². The molecule has 0 aromatic heterocycles. The largest absolute Gasteiger partial charge is 0.300 e. The van der Waals surface area contributed by atoms with E-state index >= 15 is 0 Å². The Balaban J connectivity index is 1.74. The lowest BCUT2D eigenvalue weighted by Gasteiger charge is -2.46. The molecule has 18 heavy (non-hydrogen) atoms. The van der Waals surface area contributed by atoms with Gasteiger partial charge in [0.05, 0.1) is 0 Å². The molecule has 0 aromatic carbocycles. The van der Waals surface area contributed by atoms with Gasteiger partial charge in [0, 0.05) is 24.2 Å². The first kappa shape index (κ1) is 12.9. The van der Waals surface area contributed by atoms with Crippen LogP contribution in [0.25, 0.3) is 0 Å². The van der Waals surface area contributed by atoms with E-state index in [4.69, 9.17) is 0 Å². The lowest BCUT2D eigenvalue weighted by Crippen LogP contribution is -2.49. The molecule has 4 bridgehead atoms. The molecule has 0 N–H and O–H groups in total. The molecule has 0 aromatic rings. The molecular formula is C16H30N2. The van der Waals surface area contributed by atoms with Crippen LogP contribution in [0.2, 0.25) is 0 Å². The Labute approximate surface area is 113 Å². The highest BCUT2D eigenvalue weighted by Crippen LogP contribution is 2.34. The van der Waals surface area contributed by atoms with Crippen LogP contribution in [-0.2, 0) is 0 Å². The van der Waals surface area contributed by atoms with Gasteiger partial charge in [0.25, 0.3) is 0 Å². The van der Waals surface area contributed by atoms with Crippen LogP contribution in [0.1, 0.15) is 64.2 Å². The Morgan fingerprint density at radius 3 is 1.06 bits per heavy atom. The first-order valence-electron chi connectivity index (χ1n) is 8.19. The van der Waals surface area contributed by atoms with Crippen LogP contribution < -0.4 is 0 Å². The number of nitrogens with zero attached hydrogens (tertiary/aromatic N) is 2. The van der Waals surface area contributed by atoms with Crippen molar-refractivity contribution >= 4 is 0 Å². The van der Waals surface area contributed by atoms with Crippen molar-refractivity contribution in [2.75, 3.05) is 14.1 Å². The molecule has 0 saturated carbocycles. The van der Waals surface area contributed by atoms with Crippen LogP contribution in [-0.4, -0.2) is 48.1 Å². The first-order valence-corrected chi connectivity index (χ1v) is 8.19. The van der Waals surface area contributed by atoms with E-state index in [1.165, 1.54) is 64.2 Å². The fraction of sp³-hybridized carbons (Fsp3) is 1.00. The Morgan fingerprint density at radius 2 is 0.778 bits per heavy atom. The summed E-state index contributed by atoms with van der Waals surface area (Å²) in [6, 6.07) is 3.54. The van der Waals surface area contributed by atoms with Crippen LogP contribution >= 0.6 is 0 Å². The normalized spacial score (nSPS) is 43.7. The van der Waals surface area contributed by atoms with Crippen molar-refractivity contribution in [3.05, 3.63) is 0 Å². The van der Waals surface area contributed by atoms with Crippen molar-refractivity contribution in [2.24, 2.45) is 0 Å². The van der Waals surface area contributed by atoms with Crippen molar-refractivity contribution < 1.29 is 0 Å². The zero-order valence-corrected chi connectivity index (χ0v) is 12.3. The average molecular weight is 250 g/mol. The number of rotatable bonds is 0. The van der Waals surface area contributed by atoms with Gasteiger partial charge in [0.15, 0.2) is 0 Å². The fourth-order valence-corrected chi connectivity index (χ4v) is 4.75. The second-order valence-electron chi connectivity index (χ2n) is 6.96. The van der Waals surface area contributed by atoms with E-state index in [2.05, 4.69) is 23.9 Å². The maximum atomic E-state index is 2.74. The van der Waals surface area contributed by atoms with Gasteiger partial charge in [-0.05, 0) is 65.5 Å². The zero-order valence-electron chi connectivity index (χ0n) is 12.3. The zero-order chi connectivity index (χ0) is 12.5. The number of piperidine rings is 2. The summed E-state index contributed by atoms with van der Waals surface area (Å²) in [7, 11) is 4.80. The van der Waals surface area contributed by atoms with E-state index in [0.717, 1.165) is 24.2 Å². The van der Waals surface area contributed by atoms with Crippen LogP contribution in [0.3, 0.4) is 0 Å². The predicted octanol–water partition coefficient (Wildman–Crippen LogP) is 3.27. The standard InChI is InChI=1S/C16H30N2/c1-17-13-5-3-6-14(17)10-12-16-8-4-7-15(11-9-13)18(16)2/h13-16H,3-12H2,1-2H3/t13-,14+,15-,16+. The Bertz CT molecular complexity index is 226. The van der Waals surface area contributed by atoms with E-state index in [1.807, 2.05) is 0 Å². The van der Waals surface area contributed by atoms with Crippen LogP contribution in [0.4, 0.5) is 0 Å². The molecule has 3 aliphatic heterocycles. The molecule has 0 spiro atoms. The molecule has 3 heterocycles. The van der Waals surface area contributed by atoms with Gasteiger partial charge in [0.1, 0.15) is 0 Å². The molecule has 3 saturated heterocycles. The lowest BCUT2D eigenvalue weighted by atomic mass is 9.83. The van der Waals surface area contributed by atoms with E-state index in [9.17, 15) is 0 Å². The fourth-order valence-electron chi connectivity index (χ4n) is 4.75. The van der Waals surface area contributed by atoms with Crippen molar-refractivity contribution in [3.63, 3.8) is 0 Å². The van der Waals surface area contributed by atoms with E-state index in [1.54, 1.807) is 0 Å². The van der Waals surface area contributed by atoms with Gasteiger partial charge in [-0.25, -0.2) is 0 Å². The maximum Gasteiger partial charge on any atom is 0.00957 e. The SMILES string of the molecule is CN1[C@@H]2CCC[C@H]1CC[C@@H]1CCC[C@H](CC2)N1C. The third-order valence-corrected chi connectivity index (χ3v) is 6.12. The molecular weight excluding hydrogens is 220 g/mol. The highest BCUT2D eigenvalue weighted by molar-refractivity contribution is 4.90. The number of hydrogen-bond donors (Lipinski definition) is 0. The molecule has 0 aliphatic carbocycles. The average Bonchev–Trinajstić information content (AvgIpc) is 2.38. The molecule has 0 amide bonds. The molecule has 2 nitrogen and oxygen atoms in total. The van der Waals surface area contributed by atoms with Gasteiger partial charge < -0.3 is 9.80 Å². The third-order valence-electron chi connectivity index (χ3n) is 6.12. The van der Waals surface area contributed by atoms with Crippen LogP contribution in [0, 0.1) is 0 Å². The van der Waals surface area contributed by atoms with Gasteiger partial charge in [-0.3, -0.25) is 0 Å². The molecule has 3 rings (SSSR count). The van der Waals surface area contributed by atoms with E-state index in [0.29, 0.717) is 0 Å². The second kappa shape index (κ2) is 5.50. The minimum absolute atomic E-state index is 0.885. The van der Waals surface area contributed by atoms with Crippen molar-refractivity contribution in [2.45, 2.75) is 88.4 Å². The molecule has 0 unspecified atom stereocenters. The summed E-state index contributed by atoms with van der Waals surface area (Å²) in [6.45, 7) is 0. The van der Waals surface area contributed by atoms with Gasteiger partial charge >= 0.3 is 0 Å². The second-order valence-corrected chi connectivity index (χ2v) is 6.96. The quantitative estimate of drug-likeness (QED) is 0.651. The predicted molar refractivity (Wildman–Crippen MR) is 76.8 cm³/mol. The number of hydrogen-bond acceptors (Lipinski definition) is 2. The van der Waals surface area contributed by atoms with Crippen LogP contribution in [0.15, 0.2) is 0 Å². The van der Waals surface area contributed by atoms with Crippen molar-refractivity contribution in [1.82, 2.24) is 9.80 Å². The van der Waals surface area contributed by atoms with Gasteiger partial charge in [0.2, 0.25) is 0 Å². The summed E-state index contributed by atoms with van der Waals surface area (Å²) in [5.74, 6) is 0. The maximum absolute atomic E-state index is 2.74. The molecule has 4 atom stereocenters. The van der Waals surface area contributed by atoms with Crippen LogP contribution in [0.5, 0.6) is 0 Å². The minimum atomic E-state index is 0.885. The highest BCUT2D eigenvalue weighted by atomic mass is 15.2. The summed E-state index contributed by atoms with van der Waals surface area (Å²) in [5, 5.41) is 0. The Hall–Kier alpha value is -0.0800. The first-order chi connectivity index (χ1) is 8.75. The summed E-state index contributed by atoms with van der Waals surface area (Å²) in [6.07, 6.45) is 14.5. The van der Waals surface area contributed by atoms with Crippen molar-refractivity contribution in [3.8, 4) is 0 Å². The molecule has 0 radical (unpaired) electrons. The monoisotopic (exact) mass is 250 g/mol. The minimum Gasteiger partial charge on any atom is -0.300 e. The van der Waals surface area contributed by atoms with E-state index < -0.39 is 0 Å². The van der Waals surface area contributed by atoms with E-state index in [-0.39, 0.29) is 0 Å². The summed E-state index contributed by atoms with van der Waals surface area (Å²) >= 11 is 0.